The van der Waals surface area contributed by atoms with Gasteiger partial charge in [-0.2, -0.15) is 0 Å². The van der Waals surface area contributed by atoms with E-state index in [1.165, 1.54) is 6.07 Å². The van der Waals surface area contributed by atoms with Crippen molar-refractivity contribution in [2.75, 3.05) is 0 Å². The maximum Gasteiger partial charge on any atom is 0.128 e. The number of rotatable bonds is 4. The number of nitrogens with zero attached hydrogens (tertiary/aromatic N) is 2. The van der Waals surface area contributed by atoms with E-state index in [-0.39, 0.29) is 11.9 Å². The summed E-state index contributed by atoms with van der Waals surface area (Å²) in [5.74, 6) is 0.718. The summed E-state index contributed by atoms with van der Waals surface area (Å²) >= 11 is 0. The van der Waals surface area contributed by atoms with Crippen LogP contribution < -0.4 is 5.73 Å². The summed E-state index contributed by atoms with van der Waals surface area (Å²) < 4.78 is 15.5. The second-order valence-electron chi connectivity index (χ2n) is 3.98. The van der Waals surface area contributed by atoms with E-state index in [4.69, 9.17) is 5.73 Å². The van der Waals surface area contributed by atoms with Crippen LogP contribution in [0.15, 0.2) is 36.7 Å². The summed E-state index contributed by atoms with van der Waals surface area (Å²) in [7, 11) is 0. The molecule has 2 N–H and O–H groups in total. The van der Waals surface area contributed by atoms with E-state index in [0.717, 1.165) is 12.2 Å². The fraction of sp³-hybridized carbons (Fsp3) is 0.308. The molecule has 0 fully saturated rings. The number of hydrogen-bond donors (Lipinski definition) is 1. The molecule has 0 bridgehead atoms. The average molecular weight is 233 g/mol. The summed E-state index contributed by atoms with van der Waals surface area (Å²) in [6.07, 6.45) is 4.46. The van der Waals surface area contributed by atoms with E-state index in [2.05, 4.69) is 4.98 Å². The number of benzene rings is 1. The van der Waals surface area contributed by atoms with Crippen LogP contribution in [0.5, 0.6) is 0 Å². The normalized spacial score (nSPS) is 12.6. The monoisotopic (exact) mass is 233 g/mol. The Balaban J connectivity index is 2.17. The largest absolute Gasteiger partial charge is 0.333 e. The highest BCUT2D eigenvalue weighted by atomic mass is 19.1. The molecule has 1 unspecified atom stereocenters. The molecular weight excluding hydrogens is 217 g/mol. The summed E-state index contributed by atoms with van der Waals surface area (Å²) in [4.78, 5) is 4.22. The van der Waals surface area contributed by atoms with Gasteiger partial charge in [0.15, 0.2) is 0 Å². The maximum absolute atomic E-state index is 13.5. The predicted octanol–water partition coefficient (Wildman–Crippen LogP) is 2.28. The second-order valence-corrected chi connectivity index (χ2v) is 3.98. The van der Waals surface area contributed by atoms with Gasteiger partial charge in [-0.25, -0.2) is 9.37 Å². The average Bonchev–Trinajstić information content (AvgIpc) is 2.76. The molecule has 2 aromatic rings. The third-order valence-electron chi connectivity index (χ3n) is 2.82. The Morgan fingerprint density at radius 2 is 2.18 bits per heavy atom. The molecule has 0 saturated heterocycles. The number of aromatic nitrogens is 2. The number of imidazole rings is 1. The van der Waals surface area contributed by atoms with E-state index in [1.807, 2.05) is 17.7 Å². The van der Waals surface area contributed by atoms with Gasteiger partial charge in [0, 0.05) is 30.9 Å². The molecule has 0 aliphatic rings. The van der Waals surface area contributed by atoms with Gasteiger partial charge in [-0.3, -0.25) is 0 Å². The van der Waals surface area contributed by atoms with Gasteiger partial charge in [-0.1, -0.05) is 25.1 Å². The molecule has 3 nitrogen and oxygen atoms in total. The summed E-state index contributed by atoms with van der Waals surface area (Å²) in [5.41, 5.74) is 6.57. The summed E-state index contributed by atoms with van der Waals surface area (Å²) in [6, 6.07) is 6.27. The minimum atomic E-state index is -0.351. The Hall–Kier alpha value is -1.68. The minimum Gasteiger partial charge on any atom is -0.333 e. The molecular formula is C13H16FN3. The molecule has 0 aliphatic heterocycles. The van der Waals surface area contributed by atoms with Gasteiger partial charge < -0.3 is 10.3 Å². The lowest BCUT2D eigenvalue weighted by molar-refractivity contribution is 0.521. The number of aryl methyl sites for hydroxylation is 1. The first kappa shape index (κ1) is 11.8. The minimum absolute atomic E-state index is 0.252. The fourth-order valence-corrected chi connectivity index (χ4v) is 1.91. The number of nitrogens with two attached hydrogens (primary N) is 1. The van der Waals surface area contributed by atoms with Crippen molar-refractivity contribution in [1.82, 2.24) is 9.55 Å². The van der Waals surface area contributed by atoms with Crippen LogP contribution in [0.1, 0.15) is 24.4 Å². The van der Waals surface area contributed by atoms with Crippen molar-refractivity contribution >= 4 is 0 Å². The van der Waals surface area contributed by atoms with E-state index in [1.54, 1.807) is 24.4 Å². The van der Waals surface area contributed by atoms with Crippen LogP contribution in [0.2, 0.25) is 0 Å². The lowest BCUT2D eigenvalue weighted by atomic mass is 10.1. The molecule has 0 spiro atoms. The zero-order chi connectivity index (χ0) is 12.3. The van der Waals surface area contributed by atoms with Crippen LogP contribution in [0.25, 0.3) is 0 Å². The van der Waals surface area contributed by atoms with E-state index < -0.39 is 0 Å². The lowest BCUT2D eigenvalue weighted by Crippen LogP contribution is -2.19. The quantitative estimate of drug-likeness (QED) is 0.880. The Bertz CT molecular complexity index is 493. The Labute approximate surface area is 100 Å². The van der Waals surface area contributed by atoms with E-state index in [0.29, 0.717) is 12.1 Å². The highest BCUT2D eigenvalue weighted by Gasteiger charge is 2.12. The van der Waals surface area contributed by atoms with Crippen molar-refractivity contribution in [1.29, 1.82) is 0 Å². The smallest absolute Gasteiger partial charge is 0.128 e. The van der Waals surface area contributed by atoms with Gasteiger partial charge in [0.2, 0.25) is 0 Å². The third kappa shape index (κ3) is 2.53. The first-order valence-electron chi connectivity index (χ1n) is 5.72. The Morgan fingerprint density at radius 3 is 2.88 bits per heavy atom. The first-order valence-corrected chi connectivity index (χ1v) is 5.72. The van der Waals surface area contributed by atoms with E-state index in [9.17, 15) is 4.39 Å². The van der Waals surface area contributed by atoms with Crippen molar-refractivity contribution < 1.29 is 4.39 Å². The highest BCUT2D eigenvalue weighted by molar-refractivity contribution is 5.20. The topological polar surface area (TPSA) is 43.8 Å². The molecule has 0 aliphatic carbocycles. The number of halogens is 1. The molecule has 0 saturated carbocycles. The molecule has 17 heavy (non-hydrogen) atoms. The molecule has 4 heteroatoms. The van der Waals surface area contributed by atoms with Crippen LogP contribution in [-0.4, -0.2) is 9.55 Å². The number of hydrogen-bond acceptors (Lipinski definition) is 2. The predicted molar refractivity (Wildman–Crippen MR) is 64.9 cm³/mol. The molecule has 2 rings (SSSR count). The van der Waals surface area contributed by atoms with Gasteiger partial charge in [-0.15, -0.1) is 0 Å². The van der Waals surface area contributed by atoms with Gasteiger partial charge >= 0.3 is 0 Å². The molecule has 0 amide bonds. The third-order valence-corrected chi connectivity index (χ3v) is 2.82. The molecule has 1 heterocycles. The maximum atomic E-state index is 13.5. The van der Waals surface area contributed by atoms with Crippen LogP contribution >= 0.6 is 0 Å². The van der Waals surface area contributed by atoms with Crippen molar-refractivity contribution in [2.24, 2.45) is 5.73 Å². The standard InChI is InChI=1S/C13H16FN3/c1-2-13-16-7-8-17(13)9-12(15)10-5-3-4-6-11(10)14/h3-8,12H,2,9,15H2,1H3. The summed E-state index contributed by atoms with van der Waals surface area (Å²) in [6.45, 7) is 2.58. The fourth-order valence-electron chi connectivity index (χ4n) is 1.91. The Morgan fingerprint density at radius 1 is 1.41 bits per heavy atom. The van der Waals surface area contributed by atoms with Crippen LogP contribution in [0.3, 0.4) is 0 Å². The van der Waals surface area contributed by atoms with Crippen LogP contribution in [0, 0.1) is 5.82 Å². The van der Waals surface area contributed by atoms with Crippen molar-refractivity contribution in [3.05, 3.63) is 53.9 Å². The van der Waals surface area contributed by atoms with Crippen molar-refractivity contribution in [3.8, 4) is 0 Å². The molecule has 0 radical (unpaired) electrons. The van der Waals surface area contributed by atoms with Gasteiger partial charge in [0.25, 0.3) is 0 Å². The highest BCUT2D eigenvalue weighted by Crippen LogP contribution is 2.16. The second kappa shape index (κ2) is 5.10. The zero-order valence-corrected chi connectivity index (χ0v) is 9.81. The van der Waals surface area contributed by atoms with E-state index >= 15 is 0 Å². The summed E-state index contributed by atoms with van der Waals surface area (Å²) in [5, 5.41) is 0. The SMILES string of the molecule is CCc1nccn1CC(N)c1ccccc1F. The van der Waals surface area contributed by atoms with Gasteiger partial charge in [-0.05, 0) is 6.07 Å². The van der Waals surface area contributed by atoms with Crippen LogP contribution in [0.4, 0.5) is 4.39 Å². The first-order chi connectivity index (χ1) is 8.22. The van der Waals surface area contributed by atoms with Crippen molar-refractivity contribution in [3.63, 3.8) is 0 Å². The van der Waals surface area contributed by atoms with Crippen LogP contribution in [-0.2, 0) is 13.0 Å². The molecule has 1 atom stereocenters. The van der Waals surface area contributed by atoms with Crippen molar-refractivity contribution in [2.45, 2.75) is 25.9 Å². The lowest BCUT2D eigenvalue weighted by Gasteiger charge is -2.15. The molecule has 1 aromatic heterocycles. The molecule has 90 valence electrons. The zero-order valence-electron chi connectivity index (χ0n) is 9.81. The Kier molecular flexibility index (Phi) is 3.54. The van der Waals surface area contributed by atoms with Gasteiger partial charge in [0.05, 0.1) is 6.04 Å². The van der Waals surface area contributed by atoms with Gasteiger partial charge in [0.1, 0.15) is 11.6 Å². The molecule has 1 aromatic carbocycles.